The van der Waals surface area contributed by atoms with Crippen molar-refractivity contribution >= 4 is 23.2 Å². The fourth-order valence-corrected chi connectivity index (χ4v) is 3.38. The van der Waals surface area contributed by atoms with E-state index >= 15 is 0 Å². The largest absolute Gasteiger partial charge is 0.434 e. The minimum atomic E-state index is -2.94. The van der Waals surface area contributed by atoms with E-state index in [0.717, 1.165) is 17.7 Å². The summed E-state index contributed by atoms with van der Waals surface area (Å²) < 4.78 is 32.1. The summed E-state index contributed by atoms with van der Waals surface area (Å²) in [5.41, 5.74) is 3.46. The van der Waals surface area contributed by atoms with E-state index in [9.17, 15) is 8.78 Å². The summed E-state index contributed by atoms with van der Waals surface area (Å²) in [6, 6.07) is 12.2. The van der Waals surface area contributed by atoms with Crippen LogP contribution >= 0.6 is 11.6 Å². The Bertz CT molecular complexity index is 1020. The van der Waals surface area contributed by atoms with E-state index in [4.69, 9.17) is 16.3 Å². The van der Waals surface area contributed by atoms with Crippen molar-refractivity contribution in [1.29, 1.82) is 0 Å². The predicted octanol–water partition coefficient (Wildman–Crippen LogP) is 5.15. The summed E-state index contributed by atoms with van der Waals surface area (Å²) in [7, 11) is 0. The lowest BCUT2D eigenvalue weighted by molar-refractivity contribution is -0.0506. The monoisotopic (exact) mass is 402 g/mol. The molecule has 2 aromatic carbocycles. The number of hydrogen-bond acceptors (Lipinski definition) is 4. The number of anilines is 1. The molecule has 0 spiro atoms. The molecule has 0 fully saturated rings. The molecule has 0 saturated heterocycles. The molecule has 5 nitrogen and oxygen atoms in total. The van der Waals surface area contributed by atoms with Gasteiger partial charge in [0.05, 0.1) is 0 Å². The van der Waals surface area contributed by atoms with Crippen LogP contribution in [0.25, 0.3) is 5.70 Å². The summed E-state index contributed by atoms with van der Waals surface area (Å²) >= 11 is 6.14. The molecule has 0 bridgehead atoms. The Kier molecular flexibility index (Phi) is 5.00. The lowest BCUT2D eigenvalue weighted by Gasteiger charge is -2.26. The van der Waals surface area contributed by atoms with E-state index in [2.05, 4.69) is 34.5 Å². The molecule has 4 rings (SSSR count). The van der Waals surface area contributed by atoms with Gasteiger partial charge in [-0.05, 0) is 41.8 Å². The van der Waals surface area contributed by atoms with Gasteiger partial charge in [0.1, 0.15) is 18.1 Å². The molecule has 1 unspecified atom stereocenters. The summed E-state index contributed by atoms with van der Waals surface area (Å²) in [4.78, 5) is 4.23. The van der Waals surface area contributed by atoms with Crippen molar-refractivity contribution in [3.05, 3.63) is 76.6 Å². The molecule has 28 heavy (non-hydrogen) atoms. The summed E-state index contributed by atoms with van der Waals surface area (Å²) in [6.45, 7) is -0.850. The lowest BCUT2D eigenvalue weighted by Crippen LogP contribution is -2.21. The SMILES string of the molecule is CCc1ccc(C2=CC(c3cc(Cl)ccc3OC(F)F)n3ncnc3N2)cc1. The molecule has 1 atom stereocenters. The standard InChI is InChI=1S/C20H17ClF2N4O/c1-2-12-3-5-13(6-4-12)16-10-17(27-20(26-16)24-11-25-27)15-9-14(21)7-8-18(15)28-19(22)23/h3-11,17,19H,2H2,1H3,(H,24,25,26). The molecule has 3 aromatic rings. The number of nitrogens with one attached hydrogen (secondary N) is 1. The highest BCUT2D eigenvalue weighted by molar-refractivity contribution is 6.30. The zero-order chi connectivity index (χ0) is 19.7. The van der Waals surface area contributed by atoms with Gasteiger partial charge in [-0.1, -0.05) is 42.8 Å². The fourth-order valence-electron chi connectivity index (χ4n) is 3.20. The van der Waals surface area contributed by atoms with Gasteiger partial charge in [0.25, 0.3) is 0 Å². The average molecular weight is 403 g/mol. The van der Waals surface area contributed by atoms with Gasteiger partial charge in [-0.15, -0.1) is 0 Å². The smallest absolute Gasteiger partial charge is 0.387 e. The molecule has 1 aliphatic rings. The number of alkyl halides is 2. The Labute approximate surface area is 165 Å². The van der Waals surface area contributed by atoms with E-state index < -0.39 is 12.7 Å². The van der Waals surface area contributed by atoms with E-state index in [-0.39, 0.29) is 5.75 Å². The Morgan fingerprint density at radius 1 is 1.21 bits per heavy atom. The Balaban J connectivity index is 1.81. The molecule has 0 saturated carbocycles. The molecule has 1 aliphatic heterocycles. The first-order valence-electron chi connectivity index (χ1n) is 8.77. The van der Waals surface area contributed by atoms with Crippen molar-refractivity contribution in [2.75, 3.05) is 5.32 Å². The quantitative estimate of drug-likeness (QED) is 0.641. The number of allylic oxidation sites excluding steroid dienone is 1. The Hall–Kier alpha value is -2.93. The number of aryl methyl sites for hydroxylation is 1. The van der Waals surface area contributed by atoms with Gasteiger partial charge in [0, 0.05) is 16.3 Å². The van der Waals surface area contributed by atoms with Gasteiger partial charge in [0.15, 0.2) is 0 Å². The molecule has 2 heterocycles. The topological polar surface area (TPSA) is 52.0 Å². The second-order valence-corrected chi connectivity index (χ2v) is 6.73. The van der Waals surface area contributed by atoms with Gasteiger partial charge in [-0.2, -0.15) is 18.9 Å². The fraction of sp³-hybridized carbons (Fsp3) is 0.200. The minimum Gasteiger partial charge on any atom is -0.434 e. The van der Waals surface area contributed by atoms with E-state index in [1.165, 1.54) is 24.0 Å². The van der Waals surface area contributed by atoms with Crippen LogP contribution < -0.4 is 10.1 Å². The number of nitrogens with zero attached hydrogens (tertiary/aromatic N) is 3. The highest BCUT2D eigenvalue weighted by atomic mass is 35.5. The van der Waals surface area contributed by atoms with Gasteiger partial charge in [0.2, 0.25) is 5.95 Å². The van der Waals surface area contributed by atoms with Crippen LogP contribution in [-0.4, -0.2) is 21.4 Å². The molecule has 0 amide bonds. The number of hydrogen-bond donors (Lipinski definition) is 1. The maximum absolute atomic E-state index is 12.9. The van der Waals surface area contributed by atoms with Crippen molar-refractivity contribution in [3.63, 3.8) is 0 Å². The number of benzene rings is 2. The predicted molar refractivity (Wildman–Crippen MR) is 104 cm³/mol. The third kappa shape index (κ3) is 3.57. The van der Waals surface area contributed by atoms with E-state index in [1.807, 2.05) is 18.2 Å². The normalized spacial score (nSPS) is 15.8. The number of ether oxygens (including phenoxy) is 1. The van der Waals surface area contributed by atoms with Gasteiger partial charge < -0.3 is 10.1 Å². The highest BCUT2D eigenvalue weighted by Crippen LogP contribution is 2.37. The number of halogens is 3. The molecule has 0 radical (unpaired) electrons. The second kappa shape index (κ2) is 7.59. The molecule has 8 heteroatoms. The van der Waals surface area contributed by atoms with Crippen LogP contribution in [0.4, 0.5) is 14.7 Å². The minimum absolute atomic E-state index is 0.0460. The third-order valence-electron chi connectivity index (χ3n) is 4.59. The van der Waals surface area contributed by atoms with Gasteiger partial charge in [-0.3, -0.25) is 0 Å². The summed E-state index contributed by atoms with van der Waals surface area (Å²) in [5, 5.41) is 7.88. The summed E-state index contributed by atoms with van der Waals surface area (Å²) in [6.07, 6.45) is 4.25. The Morgan fingerprint density at radius 2 is 2.00 bits per heavy atom. The Morgan fingerprint density at radius 3 is 2.71 bits per heavy atom. The van der Waals surface area contributed by atoms with Crippen molar-refractivity contribution in [2.24, 2.45) is 0 Å². The van der Waals surface area contributed by atoms with Crippen molar-refractivity contribution < 1.29 is 13.5 Å². The van der Waals surface area contributed by atoms with Crippen molar-refractivity contribution in [2.45, 2.75) is 26.0 Å². The molecular formula is C20H17ClF2N4O. The molecule has 144 valence electrons. The number of aromatic nitrogens is 3. The first kappa shape index (κ1) is 18.4. The maximum Gasteiger partial charge on any atom is 0.387 e. The number of rotatable bonds is 5. The number of fused-ring (bicyclic) bond motifs is 1. The van der Waals surface area contributed by atoms with Crippen LogP contribution in [0.1, 0.15) is 29.7 Å². The second-order valence-electron chi connectivity index (χ2n) is 6.29. The van der Waals surface area contributed by atoms with Crippen LogP contribution in [-0.2, 0) is 6.42 Å². The van der Waals surface area contributed by atoms with Crippen LogP contribution in [0.5, 0.6) is 5.75 Å². The summed E-state index contributed by atoms with van der Waals surface area (Å²) in [5.74, 6) is 0.551. The van der Waals surface area contributed by atoms with Crippen LogP contribution in [0.15, 0.2) is 54.9 Å². The molecule has 0 aliphatic carbocycles. The van der Waals surface area contributed by atoms with Gasteiger partial charge >= 0.3 is 6.61 Å². The van der Waals surface area contributed by atoms with Crippen molar-refractivity contribution in [1.82, 2.24) is 14.8 Å². The van der Waals surface area contributed by atoms with Gasteiger partial charge in [-0.25, -0.2) is 4.68 Å². The van der Waals surface area contributed by atoms with E-state index in [1.54, 1.807) is 10.7 Å². The molecule has 1 N–H and O–H groups in total. The van der Waals surface area contributed by atoms with Crippen LogP contribution in [0.3, 0.4) is 0 Å². The highest BCUT2D eigenvalue weighted by Gasteiger charge is 2.27. The van der Waals surface area contributed by atoms with Crippen LogP contribution in [0, 0.1) is 0 Å². The molecular weight excluding hydrogens is 386 g/mol. The van der Waals surface area contributed by atoms with Crippen LogP contribution in [0.2, 0.25) is 5.02 Å². The zero-order valence-electron chi connectivity index (χ0n) is 14.9. The van der Waals surface area contributed by atoms with E-state index in [0.29, 0.717) is 16.5 Å². The first-order chi connectivity index (χ1) is 13.5. The van der Waals surface area contributed by atoms with Crippen molar-refractivity contribution in [3.8, 4) is 5.75 Å². The third-order valence-corrected chi connectivity index (χ3v) is 4.82. The zero-order valence-corrected chi connectivity index (χ0v) is 15.7. The molecule has 1 aromatic heterocycles. The first-order valence-corrected chi connectivity index (χ1v) is 9.15. The maximum atomic E-state index is 12.9. The average Bonchev–Trinajstić information content (AvgIpc) is 3.17. The lowest BCUT2D eigenvalue weighted by atomic mass is 10.00.